The van der Waals surface area contributed by atoms with Gasteiger partial charge in [-0.3, -0.25) is 9.69 Å². The highest BCUT2D eigenvalue weighted by molar-refractivity contribution is 5.79. The summed E-state index contributed by atoms with van der Waals surface area (Å²) in [5.41, 5.74) is 1.30. The second-order valence-electron chi connectivity index (χ2n) is 7.39. The topological polar surface area (TPSA) is 32.8 Å². The molecule has 138 valence electrons. The van der Waals surface area contributed by atoms with Crippen molar-refractivity contribution in [2.24, 2.45) is 5.92 Å². The lowest BCUT2D eigenvalue weighted by atomic mass is 9.96. The van der Waals surface area contributed by atoms with E-state index in [2.05, 4.69) is 21.9 Å². The minimum Gasteiger partial charge on any atom is -0.494 e. The van der Waals surface area contributed by atoms with Crippen LogP contribution in [0.15, 0.2) is 24.3 Å². The molecule has 4 heteroatoms. The highest BCUT2D eigenvalue weighted by atomic mass is 16.5. The van der Waals surface area contributed by atoms with E-state index in [1.807, 2.05) is 19.1 Å². The molecule has 0 aromatic heterocycles. The third-order valence-corrected chi connectivity index (χ3v) is 5.41. The van der Waals surface area contributed by atoms with Crippen LogP contribution in [0.25, 0.3) is 0 Å². The maximum Gasteiger partial charge on any atom is 0.226 e. The Balaban J connectivity index is 1.54. The van der Waals surface area contributed by atoms with Gasteiger partial charge in [-0.2, -0.15) is 0 Å². The lowest BCUT2D eigenvalue weighted by Gasteiger charge is -2.34. The summed E-state index contributed by atoms with van der Waals surface area (Å²) in [6.45, 7) is 7.56. The number of rotatable bonds is 5. The third kappa shape index (κ3) is 5.21. The van der Waals surface area contributed by atoms with Crippen LogP contribution in [0.5, 0.6) is 5.75 Å². The molecular weight excluding hydrogens is 312 g/mol. The smallest absolute Gasteiger partial charge is 0.226 e. The lowest BCUT2D eigenvalue weighted by Crippen LogP contribution is -2.44. The fourth-order valence-corrected chi connectivity index (χ4v) is 4.07. The molecule has 2 aliphatic heterocycles. The Labute approximate surface area is 152 Å². The molecule has 0 bridgehead atoms. The van der Waals surface area contributed by atoms with Gasteiger partial charge in [0.15, 0.2) is 0 Å². The van der Waals surface area contributed by atoms with Crippen LogP contribution >= 0.6 is 0 Å². The van der Waals surface area contributed by atoms with Crippen molar-refractivity contribution in [3.05, 3.63) is 29.8 Å². The predicted octanol–water partition coefficient (Wildman–Crippen LogP) is 3.70. The van der Waals surface area contributed by atoms with Gasteiger partial charge >= 0.3 is 0 Å². The van der Waals surface area contributed by atoms with E-state index in [9.17, 15) is 4.79 Å². The second kappa shape index (κ2) is 9.23. The molecule has 0 saturated carbocycles. The molecule has 1 atom stereocenters. The molecule has 1 aromatic rings. The average Bonchev–Trinajstić information content (AvgIpc) is 2.93. The first-order chi connectivity index (χ1) is 12.3. The highest BCUT2D eigenvalue weighted by Crippen LogP contribution is 2.23. The van der Waals surface area contributed by atoms with Crippen LogP contribution < -0.4 is 4.74 Å². The van der Waals surface area contributed by atoms with Crippen molar-refractivity contribution in [1.29, 1.82) is 0 Å². The molecule has 25 heavy (non-hydrogen) atoms. The fraction of sp³-hybridized carbons (Fsp3) is 0.667. The van der Waals surface area contributed by atoms with Crippen molar-refractivity contribution in [3.63, 3.8) is 0 Å². The monoisotopic (exact) mass is 344 g/mol. The van der Waals surface area contributed by atoms with Crippen molar-refractivity contribution in [2.45, 2.75) is 52.0 Å². The maximum absolute atomic E-state index is 12.9. The van der Waals surface area contributed by atoms with Gasteiger partial charge in [-0.1, -0.05) is 25.0 Å². The Morgan fingerprint density at radius 3 is 2.44 bits per heavy atom. The molecule has 0 N–H and O–H groups in total. The predicted molar refractivity (Wildman–Crippen MR) is 101 cm³/mol. The summed E-state index contributed by atoms with van der Waals surface area (Å²) in [6.07, 6.45) is 7.08. The van der Waals surface area contributed by atoms with Crippen molar-refractivity contribution < 1.29 is 9.53 Å². The summed E-state index contributed by atoms with van der Waals surface area (Å²) >= 11 is 0. The molecule has 2 saturated heterocycles. The summed E-state index contributed by atoms with van der Waals surface area (Å²) in [5, 5.41) is 0. The van der Waals surface area contributed by atoms with Crippen LogP contribution in [0.4, 0.5) is 0 Å². The number of amides is 1. The normalized spacial score (nSPS) is 22.4. The summed E-state index contributed by atoms with van der Waals surface area (Å²) in [7, 11) is 0. The molecule has 1 aromatic carbocycles. The van der Waals surface area contributed by atoms with Gasteiger partial charge in [0.1, 0.15) is 5.75 Å². The molecule has 4 nitrogen and oxygen atoms in total. The van der Waals surface area contributed by atoms with Crippen molar-refractivity contribution in [1.82, 2.24) is 9.80 Å². The van der Waals surface area contributed by atoms with Gasteiger partial charge in [-0.05, 0) is 56.8 Å². The number of benzene rings is 1. The van der Waals surface area contributed by atoms with Gasteiger partial charge < -0.3 is 9.64 Å². The summed E-state index contributed by atoms with van der Waals surface area (Å²) in [6, 6.07) is 8.38. The molecular formula is C21H32N2O2. The standard InChI is InChI=1S/C21H32N2O2/c1-2-25-20-11-9-18(10-12-20)16-22-13-7-8-19(17-22)21(24)23-14-5-3-4-6-15-23/h9-12,19H,2-8,13-17H2,1H3/t19-/m1/s1. The Morgan fingerprint density at radius 2 is 1.76 bits per heavy atom. The Kier molecular flexibility index (Phi) is 6.74. The summed E-state index contributed by atoms with van der Waals surface area (Å²) < 4.78 is 5.51. The number of hydrogen-bond acceptors (Lipinski definition) is 3. The van der Waals surface area contributed by atoms with Crippen LogP contribution in [-0.4, -0.2) is 48.5 Å². The summed E-state index contributed by atoms with van der Waals surface area (Å²) in [5.74, 6) is 1.52. The number of piperidine rings is 1. The minimum absolute atomic E-state index is 0.189. The molecule has 2 aliphatic rings. The molecule has 0 radical (unpaired) electrons. The molecule has 0 spiro atoms. The summed E-state index contributed by atoms with van der Waals surface area (Å²) in [4.78, 5) is 17.5. The van der Waals surface area contributed by atoms with E-state index < -0.39 is 0 Å². The van der Waals surface area contributed by atoms with Gasteiger partial charge in [-0.15, -0.1) is 0 Å². The van der Waals surface area contributed by atoms with Crippen LogP contribution in [0.3, 0.4) is 0 Å². The van der Waals surface area contributed by atoms with E-state index in [0.29, 0.717) is 12.5 Å². The zero-order valence-corrected chi connectivity index (χ0v) is 15.6. The third-order valence-electron chi connectivity index (χ3n) is 5.41. The Bertz CT molecular complexity index is 535. The van der Waals surface area contributed by atoms with E-state index in [4.69, 9.17) is 4.74 Å². The van der Waals surface area contributed by atoms with Crippen LogP contribution in [0.2, 0.25) is 0 Å². The van der Waals surface area contributed by atoms with Crippen molar-refractivity contribution in [2.75, 3.05) is 32.8 Å². The molecule has 2 fully saturated rings. The van der Waals surface area contributed by atoms with Crippen molar-refractivity contribution >= 4 is 5.91 Å². The second-order valence-corrected chi connectivity index (χ2v) is 7.39. The van der Waals surface area contributed by atoms with Gasteiger partial charge in [0, 0.05) is 26.2 Å². The fourth-order valence-electron chi connectivity index (χ4n) is 4.07. The van der Waals surface area contributed by atoms with E-state index in [0.717, 1.165) is 51.3 Å². The van der Waals surface area contributed by atoms with E-state index in [1.54, 1.807) is 0 Å². The van der Waals surface area contributed by atoms with Gasteiger partial charge in [0.05, 0.1) is 12.5 Å². The number of likely N-dealkylation sites (tertiary alicyclic amines) is 2. The maximum atomic E-state index is 12.9. The number of carbonyl (C=O) groups excluding carboxylic acids is 1. The SMILES string of the molecule is CCOc1ccc(CN2CCC[C@@H](C(=O)N3CCCCCC3)C2)cc1. The van der Waals surface area contributed by atoms with Crippen LogP contribution in [0.1, 0.15) is 51.0 Å². The first-order valence-corrected chi connectivity index (χ1v) is 9.99. The van der Waals surface area contributed by atoms with E-state index in [-0.39, 0.29) is 5.92 Å². The molecule has 1 amide bonds. The first-order valence-electron chi connectivity index (χ1n) is 9.99. The Hall–Kier alpha value is -1.55. The van der Waals surface area contributed by atoms with Crippen LogP contribution in [0, 0.1) is 5.92 Å². The molecule has 2 heterocycles. The molecule has 0 aliphatic carbocycles. The number of ether oxygens (including phenoxy) is 1. The number of nitrogens with zero attached hydrogens (tertiary/aromatic N) is 2. The first kappa shape index (κ1) is 18.2. The van der Waals surface area contributed by atoms with Gasteiger partial charge in [0.25, 0.3) is 0 Å². The van der Waals surface area contributed by atoms with E-state index >= 15 is 0 Å². The molecule has 0 unspecified atom stereocenters. The van der Waals surface area contributed by atoms with Crippen LogP contribution in [-0.2, 0) is 11.3 Å². The number of carbonyl (C=O) groups is 1. The quantitative estimate of drug-likeness (QED) is 0.816. The van der Waals surface area contributed by atoms with Crippen molar-refractivity contribution in [3.8, 4) is 5.75 Å². The average molecular weight is 344 g/mol. The Morgan fingerprint density at radius 1 is 1.04 bits per heavy atom. The molecule has 3 rings (SSSR count). The van der Waals surface area contributed by atoms with E-state index in [1.165, 1.54) is 31.2 Å². The number of hydrogen-bond donors (Lipinski definition) is 0. The van der Waals surface area contributed by atoms with Gasteiger partial charge in [-0.25, -0.2) is 0 Å². The lowest BCUT2D eigenvalue weighted by molar-refractivity contribution is -0.137. The largest absolute Gasteiger partial charge is 0.494 e. The minimum atomic E-state index is 0.189. The zero-order chi connectivity index (χ0) is 17.5. The van der Waals surface area contributed by atoms with Gasteiger partial charge in [0.2, 0.25) is 5.91 Å². The zero-order valence-electron chi connectivity index (χ0n) is 15.6. The highest BCUT2D eigenvalue weighted by Gasteiger charge is 2.29.